The molecule has 3 nitrogen and oxygen atoms in total. The normalized spacial score (nSPS) is 12.2. The monoisotopic (exact) mass is 198 g/mol. The maximum Gasteiger partial charge on any atom is 0.235 e. The number of rotatable bonds is 3. The molecule has 1 amide bonds. The van der Waals surface area contributed by atoms with E-state index < -0.39 is 0 Å². The Labute approximate surface area is 82.1 Å². The summed E-state index contributed by atoms with van der Waals surface area (Å²) in [7, 11) is 0. The van der Waals surface area contributed by atoms with Crippen LogP contribution in [-0.2, 0) is 4.79 Å². The van der Waals surface area contributed by atoms with Gasteiger partial charge in [-0.1, -0.05) is 0 Å². The first-order valence-corrected chi connectivity index (χ1v) is 4.52. The van der Waals surface area contributed by atoms with E-state index in [1.165, 1.54) is 0 Å². The Hall–Kier alpha value is -1.09. The highest BCUT2D eigenvalue weighted by molar-refractivity contribution is 6.27. The topological polar surface area (TPSA) is 42.0 Å². The number of hydrogen-bond acceptors (Lipinski definition) is 2. The van der Waals surface area contributed by atoms with E-state index in [2.05, 4.69) is 10.3 Å². The third-order valence-electron chi connectivity index (χ3n) is 1.70. The number of aromatic nitrogens is 1. The van der Waals surface area contributed by atoms with E-state index in [1.807, 2.05) is 19.1 Å². The molecule has 1 aromatic heterocycles. The van der Waals surface area contributed by atoms with Gasteiger partial charge < -0.3 is 5.32 Å². The van der Waals surface area contributed by atoms with Crippen LogP contribution in [0.1, 0.15) is 18.5 Å². The summed E-state index contributed by atoms with van der Waals surface area (Å²) in [5, 5.41) is 2.75. The number of nitrogens with zero attached hydrogens (tertiary/aromatic N) is 1. The van der Waals surface area contributed by atoms with E-state index in [1.54, 1.807) is 12.4 Å². The molecule has 0 unspecified atom stereocenters. The molecule has 13 heavy (non-hydrogen) atoms. The fraction of sp³-hybridized carbons (Fsp3) is 0.333. The second kappa shape index (κ2) is 4.82. The highest BCUT2D eigenvalue weighted by Crippen LogP contribution is 2.09. The molecule has 0 saturated carbocycles. The van der Waals surface area contributed by atoms with Crippen molar-refractivity contribution in [2.45, 2.75) is 13.0 Å². The van der Waals surface area contributed by atoms with Crippen LogP contribution in [0.25, 0.3) is 0 Å². The Balaban J connectivity index is 2.59. The molecular weight excluding hydrogens is 188 g/mol. The van der Waals surface area contributed by atoms with E-state index in [9.17, 15) is 4.79 Å². The standard InChI is InChI=1S/C9H11ClN2O/c1-7(12-9(13)6-10)8-2-4-11-5-3-8/h2-5,7H,6H2,1H3,(H,12,13)/t7-/m1/s1. The predicted molar refractivity (Wildman–Crippen MR) is 51.5 cm³/mol. The summed E-state index contributed by atoms with van der Waals surface area (Å²) in [6, 6.07) is 3.70. The highest BCUT2D eigenvalue weighted by Gasteiger charge is 2.07. The molecule has 0 aliphatic rings. The highest BCUT2D eigenvalue weighted by atomic mass is 35.5. The summed E-state index contributed by atoms with van der Waals surface area (Å²) in [5.41, 5.74) is 1.02. The third-order valence-corrected chi connectivity index (χ3v) is 1.95. The van der Waals surface area contributed by atoms with Crippen LogP contribution in [0.2, 0.25) is 0 Å². The Morgan fingerprint density at radius 2 is 2.23 bits per heavy atom. The number of halogens is 1. The van der Waals surface area contributed by atoms with E-state index in [-0.39, 0.29) is 17.8 Å². The molecule has 70 valence electrons. The maximum absolute atomic E-state index is 10.9. The fourth-order valence-corrected chi connectivity index (χ4v) is 1.09. The Kier molecular flexibility index (Phi) is 3.71. The van der Waals surface area contributed by atoms with Gasteiger partial charge in [0.05, 0.1) is 6.04 Å². The van der Waals surface area contributed by atoms with E-state index in [4.69, 9.17) is 11.6 Å². The van der Waals surface area contributed by atoms with Crippen molar-refractivity contribution >= 4 is 17.5 Å². The molecular formula is C9H11ClN2O. The fourth-order valence-electron chi connectivity index (χ4n) is 1.02. The molecule has 1 N–H and O–H groups in total. The minimum atomic E-state index is -0.161. The van der Waals surface area contributed by atoms with Crippen molar-refractivity contribution in [1.29, 1.82) is 0 Å². The largest absolute Gasteiger partial charge is 0.349 e. The molecule has 0 spiro atoms. The maximum atomic E-state index is 10.9. The van der Waals surface area contributed by atoms with Gasteiger partial charge in [0, 0.05) is 12.4 Å². The van der Waals surface area contributed by atoms with Crippen LogP contribution < -0.4 is 5.32 Å². The van der Waals surface area contributed by atoms with Gasteiger partial charge in [0.25, 0.3) is 0 Å². The first-order valence-electron chi connectivity index (χ1n) is 3.99. The van der Waals surface area contributed by atoms with Crippen LogP contribution >= 0.6 is 11.6 Å². The number of carbonyl (C=O) groups excluding carboxylic acids is 1. The molecule has 4 heteroatoms. The molecule has 0 aliphatic heterocycles. The lowest BCUT2D eigenvalue weighted by Gasteiger charge is -2.12. The zero-order valence-corrected chi connectivity index (χ0v) is 8.08. The third kappa shape index (κ3) is 3.03. The Morgan fingerprint density at radius 3 is 2.77 bits per heavy atom. The first kappa shape index (κ1) is 9.99. The average molecular weight is 199 g/mol. The van der Waals surface area contributed by atoms with Crippen molar-refractivity contribution in [1.82, 2.24) is 10.3 Å². The number of carbonyl (C=O) groups is 1. The number of alkyl halides is 1. The predicted octanol–water partition coefficient (Wildman–Crippen LogP) is 1.50. The summed E-state index contributed by atoms with van der Waals surface area (Å²) in [5.74, 6) is -0.166. The molecule has 0 aliphatic carbocycles. The van der Waals surface area contributed by atoms with Gasteiger partial charge in [0.2, 0.25) is 5.91 Å². The van der Waals surface area contributed by atoms with Gasteiger partial charge in [-0.3, -0.25) is 9.78 Å². The lowest BCUT2D eigenvalue weighted by Crippen LogP contribution is -2.27. The van der Waals surface area contributed by atoms with Crippen LogP contribution in [0.15, 0.2) is 24.5 Å². The van der Waals surface area contributed by atoms with Crippen molar-refractivity contribution in [3.8, 4) is 0 Å². The molecule has 0 fully saturated rings. The molecule has 0 saturated heterocycles. The minimum Gasteiger partial charge on any atom is -0.349 e. The number of hydrogen-bond donors (Lipinski definition) is 1. The Morgan fingerprint density at radius 1 is 1.62 bits per heavy atom. The first-order chi connectivity index (χ1) is 6.24. The van der Waals surface area contributed by atoms with Crippen LogP contribution in [0, 0.1) is 0 Å². The lowest BCUT2D eigenvalue weighted by atomic mass is 10.1. The number of pyridine rings is 1. The molecule has 0 aromatic carbocycles. The summed E-state index contributed by atoms with van der Waals surface area (Å²) in [4.78, 5) is 14.8. The second-order valence-electron chi connectivity index (χ2n) is 2.70. The number of nitrogens with one attached hydrogen (secondary N) is 1. The molecule has 0 radical (unpaired) electrons. The van der Waals surface area contributed by atoms with Crippen LogP contribution in [0.5, 0.6) is 0 Å². The average Bonchev–Trinajstić information content (AvgIpc) is 2.19. The van der Waals surface area contributed by atoms with Gasteiger partial charge in [0.1, 0.15) is 5.88 Å². The minimum absolute atomic E-state index is 0.00454. The van der Waals surface area contributed by atoms with E-state index >= 15 is 0 Å². The molecule has 1 rings (SSSR count). The summed E-state index contributed by atoms with van der Waals surface area (Å²) in [6.07, 6.45) is 3.39. The van der Waals surface area contributed by atoms with Crippen LogP contribution in [0.3, 0.4) is 0 Å². The van der Waals surface area contributed by atoms with E-state index in [0.717, 1.165) is 5.56 Å². The van der Waals surface area contributed by atoms with Crippen molar-refractivity contribution in [3.05, 3.63) is 30.1 Å². The van der Waals surface area contributed by atoms with Gasteiger partial charge in [-0.25, -0.2) is 0 Å². The van der Waals surface area contributed by atoms with Gasteiger partial charge >= 0.3 is 0 Å². The molecule has 0 bridgehead atoms. The smallest absolute Gasteiger partial charge is 0.235 e. The van der Waals surface area contributed by atoms with Gasteiger partial charge in [-0.15, -0.1) is 11.6 Å². The van der Waals surface area contributed by atoms with Crippen LogP contribution in [-0.4, -0.2) is 16.8 Å². The van der Waals surface area contributed by atoms with Crippen molar-refractivity contribution in [2.75, 3.05) is 5.88 Å². The van der Waals surface area contributed by atoms with Crippen molar-refractivity contribution in [3.63, 3.8) is 0 Å². The number of amides is 1. The van der Waals surface area contributed by atoms with Crippen LogP contribution in [0.4, 0.5) is 0 Å². The quantitative estimate of drug-likeness (QED) is 0.748. The second-order valence-corrected chi connectivity index (χ2v) is 2.97. The summed E-state index contributed by atoms with van der Waals surface area (Å²) < 4.78 is 0. The zero-order chi connectivity index (χ0) is 9.68. The molecule has 1 heterocycles. The van der Waals surface area contributed by atoms with Crippen molar-refractivity contribution < 1.29 is 4.79 Å². The van der Waals surface area contributed by atoms with E-state index in [0.29, 0.717) is 0 Å². The van der Waals surface area contributed by atoms with Crippen molar-refractivity contribution in [2.24, 2.45) is 0 Å². The molecule has 1 atom stereocenters. The van der Waals surface area contributed by atoms with Gasteiger partial charge in [-0.05, 0) is 24.6 Å². The van der Waals surface area contributed by atoms with Gasteiger partial charge in [-0.2, -0.15) is 0 Å². The summed E-state index contributed by atoms with van der Waals surface area (Å²) >= 11 is 5.36. The Bertz CT molecular complexity index is 276. The van der Waals surface area contributed by atoms with Gasteiger partial charge in [0.15, 0.2) is 0 Å². The molecule has 1 aromatic rings. The lowest BCUT2D eigenvalue weighted by molar-refractivity contribution is -0.119. The zero-order valence-electron chi connectivity index (χ0n) is 7.33. The summed E-state index contributed by atoms with van der Waals surface area (Å²) in [6.45, 7) is 1.90. The SMILES string of the molecule is C[C@@H](NC(=O)CCl)c1ccncc1.